The first kappa shape index (κ1) is 18.6. The molecule has 4 nitrogen and oxygen atoms in total. The van der Waals surface area contributed by atoms with Gasteiger partial charge in [0.05, 0.1) is 13.0 Å². The molecule has 0 unspecified atom stereocenters. The van der Waals surface area contributed by atoms with Crippen LogP contribution < -0.4 is 10.1 Å². The summed E-state index contributed by atoms with van der Waals surface area (Å²) in [6.45, 7) is 2.82. The van der Waals surface area contributed by atoms with Crippen molar-refractivity contribution in [1.82, 2.24) is 10.3 Å². The molecule has 0 bridgehead atoms. The molecule has 0 radical (unpaired) electrons. The van der Waals surface area contributed by atoms with E-state index in [0.717, 1.165) is 22.4 Å². The zero-order chi connectivity index (χ0) is 19.1. The predicted molar refractivity (Wildman–Crippen MR) is 103 cm³/mol. The van der Waals surface area contributed by atoms with Gasteiger partial charge in [-0.25, -0.2) is 4.39 Å². The minimum atomic E-state index is -0.314. The molecule has 1 N–H and O–H groups in total. The SMILES string of the molecule is CCOc1ccccc1-c1ccc(CC(=O)NCc2cccc(F)c2)nc1. The highest BCUT2D eigenvalue weighted by Gasteiger charge is 2.08. The first-order valence-corrected chi connectivity index (χ1v) is 8.84. The minimum absolute atomic E-state index is 0.158. The lowest BCUT2D eigenvalue weighted by atomic mass is 10.1. The summed E-state index contributed by atoms with van der Waals surface area (Å²) in [5.74, 6) is 0.336. The molecule has 1 heterocycles. The molecule has 3 aromatic rings. The van der Waals surface area contributed by atoms with Crippen LogP contribution in [0.1, 0.15) is 18.2 Å². The molecule has 0 saturated heterocycles. The summed E-state index contributed by atoms with van der Waals surface area (Å²) in [6, 6.07) is 17.7. The lowest BCUT2D eigenvalue weighted by molar-refractivity contribution is -0.120. The van der Waals surface area contributed by atoms with Crippen LogP contribution in [0.25, 0.3) is 11.1 Å². The monoisotopic (exact) mass is 364 g/mol. The molecule has 5 heteroatoms. The summed E-state index contributed by atoms with van der Waals surface area (Å²) in [5.41, 5.74) is 3.29. The van der Waals surface area contributed by atoms with Crippen LogP contribution in [0, 0.1) is 5.82 Å². The van der Waals surface area contributed by atoms with Crippen molar-refractivity contribution in [3.63, 3.8) is 0 Å². The second kappa shape index (κ2) is 8.94. The molecule has 3 rings (SSSR count). The number of carbonyl (C=O) groups excluding carboxylic acids is 1. The van der Waals surface area contributed by atoms with Crippen molar-refractivity contribution < 1.29 is 13.9 Å². The third kappa shape index (κ3) is 5.14. The third-order valence-electron chi connectivity index (χ3n) is 4.04. The van der Waals surface area contributed by atoms with Gasteiger partial charge in [-0.15, -0.1) is 0 Å². The van der Waals surface area contributed by atoms with Crippen LogP contribution in [-0.4, -0.2) is 17.5 Å². The van der Waals surface area contributed by atoms with Gasteiger partial charge in [-0.2, -0.15) is 0 Å². The van der Waals surface area contributed by atoms with Gasteiger partial charge in [-0.05, 0) is 36.8 Å². The normalized spacial score (nSPS) is 10.4. The number of aromatic nitrogens is 1. The maximum atomic E-state index is 13.2. The number of para-hydroxylation sites is 1. The Kier molecular flexibility index (Phi) is 6.15. The van der Waals surface area contributed by atoms with Crippen LogP contribution in [0.15, 0.2) is 66.9 Å². The number of pyridine rings is 1. The fourth-order valence-electron chi connectivity index (χ4n) is 2.75. The molecule has 0 fully saturated rings. The molecule has 2 aromatic carbocycles. The summed E-state index contributed by atoms with van der Waals surface area (Å²) in [5, 5.41) is 2.78. The van der Waals surface area contributed by atoms with Gasteiger partial charge < -0.3 is 10.1 Å². The van der Waals surface area contributed by atoms with E-state index in [4.69, 9.17) is 4.74 Å². The number of nitrogens with one attached hydrogen (secondary N) is 1. The number of rotatable bonds is 7. The Hall–Kier alpha value is -3.21. The number of nitrogens with zero attached hydrogens (tertiary/aromatic N) is 1. The second-order valence-corrected chi connectivity index (χ2v) is 6.05. The number of halogens is 1. The van der Waals surface area contributed by atoms with Crippen molar-refractivity contribution in [3.8, 4) is 16.9 Å². The van der Waals surface area contributed by atoms with E-state index >= 15 is 0 Å². The maximum absolute atomic E-state index is 13.2. The van der Waals surface area contributed by atoms with E-state index in [9.17, 15) is 9.18 Å². The van der Waals surface area contributed by atoms with Gasteiger partial charge in [-0.1, -0.05) is 36.4 Å². The number of hydrogen-bond donors (Lipinski definition) is 1. The summed E-state index contributed by atoms with van der Waals surface area (Å²) in [6.07, 6.45) is 1.91. The van der Waals surface area contributed by atoms with Crippen LogP contribution in [0.4, 0.5) is 4.39 Å². The zero-order valence-corrected chi connectivity index (χ0v) is 15.1. The minimum Gasteiger partial charge on any atom is -0.493 e. The van der Waals surface area contributed by atoms with E-state index in [1.807, 2.05) is 43.3 Å². The molecular weight excluding hydrogens is 343 g/mol. The quantitative estimate of drug-likeness (QED) is 0.685. The Labute approximate surface area is 158 Å². The number of carbonyl (C=O) groups is 1. The number of amides is 1. The first-order valence-electron chi connectivity index (χ1n) is 8.84. The number of hydrogen-bond acceptors (Lipinski definition) is 3. The molecule has 138 valence electrons. The summed E-state index contributed by atoms with van der Waals surface area (Å²) < 4.78 is 18.8. The van der Waals surface area contributed by atoms with Crippen molar-refractivity contribution in [2.75, 3.05) is 6.61 Å². The van der Waals surface area contributed by atoms with Crippen LogP contribution >= 0.6 is 0 Å². The first-order chi connectivity index (χ1) is 13.2. The highest BCUT2D eigenvalue weighted by Crippen LogP contribution is 2.29. The average Bonchev–Trinajstić information content (AvgIpc) is 2.68. The Morgan fingerprint density at radius 1 is 1.11 bits per heavy atom. The Balaban J connectivity index is 1.61. The van der Waals surface area contributed by atoms with Gasteiger partial charge in [0.15, 0.2) is 0 Å². The second-order valence-electron chi connectivity index (χ2n) is 6.05. The maximum Gasteiger partial charge on any atom is 0.226 e. The third-order valence-corrected chi connectivity index (χ3v) is 4.04. The van der Waals surface area contributed by atoms with Crippen LogP contribution in [0.2, 0.25) is 0 Å². The fraction of sp³-hybridized carbons (Fsp3) is 0.182. The van der Waals surface area contributed by atoms with Gasteiger partial charge in [0.25, 0.3) is 0 Å². The summed E-state index contributed by atoms with van der Waals surface area (Å²) in [4.78, 5) is 16.5. The standard InChI is InChI=1S/C22H21FN2O2/c1-2-27-21-9-4-3-8-20(21)17-10-11-19(24-15-17)13-22(26)25-14-16-6-5-7-18(23)12-16/h3-12,15H,2,13-14H2,1H3,(H,25,26). The van der Waals surface area contributed by atoms with Crippen molar-refractivity contribution in [3.05, 3.63) is 83.9 Å². The van der Waals surface area contributed by atoms with Crippen molar-refractivity contribution >= 4 is 5.91 Å². The van der Waals surface area contributed by atoms with E-state index in [-0.39, 0.29) is 24.7 Å². The van der Waals surface area contributed by atoms with Gasteiger partial charge >= 0.3 is 0 Å². The number of benzene rings is 2. The van der Waals surface area contributed by atoms with Crippen LogP contribution in [-0.2, 0) is 17.8 Å². The average molecular weight is 364 g/mol. The molecule has 1 amide bonds. The molecule has 0 saturated carbocycles. The lowest BCUT2D eigenvalue weighted by Crippen LogP contribution is -2.24. The molecular formula is C22H21FN2O2. The summed E-state index contributed by atoms with van der Waals surface area (Å²) >= 11 is 0. The van der Waals surface area contributed by atoms with Crippen LogP contribution in [0.5, 0.6) is 5.75 Å². The van der Waals surface area contributed by atoms with E-state index in [1.54, 1.807) is 18.3 Å². The molecule has 27 heavy (non-hydrogen) atoms. The molecule has 1 aromatic heterocycles. The smallest absolute Gasteiger partial charge is 0.226 e. The predicted octanol–water partition coefficient (Wildman–Crippen LogP) is 4.15. The summed E-state index contributed by atoms with van der Waals surface area (Å²) in [7, 11) is 0. The van der Waals surface area contributed by atoms with Crippen molar-refractivity contribution in [2.45, 2.75) is 19.9 Å². The van der Waals surface area contributed by atoms with Crippen LogP contribution in [0.3, 0.4) is 0 Å². The molecule has 0 aliphatic rings. The van der Waals surface area contributed by atoms with Gasteiger partial charge in [0, 0.05) is 29.6 Å². The van der Waals surface area contributed by atoms with E-state index in [2.05, 4.69) is 10.3 Å². The molecule has 0 aliphatic carbocycles. The van der Waals surface area contributed by atoms with Crippen molar-refractivity contribution in [2.24, 2.45) is 0 Å². The Morgan fingerprint density at radius 2 is 1.96 bits per heavy atom. The van der Waals surface area contributed by atoms with Crippen molar-refractivity contribution in [1.29, 1.82) is 0 Å². The highest BCUT2D eigenvalue weighted by atomic mass is 19.1. The molecule has 0 aliphatic heterocycles. The van der Waals surface area contributed by atoms with Gasteiger partial charge in [0.2, 0.25) is 5.91 Å². The van der Waals surface area contributed by atoms with E-state index < -0.39 is 0 Å². The van der Waals surface area contributed by atoms with Gasteiger partial charge in [0.1, 0.15) is 11.6 Å². The zero-order valence-electron chi connectivity index (χ0n) is 15.1. The van der Waals surface area contributed by atoms with E-state index in [0.29, 0.717) is 12.3 Å². The van der Waals surface area contributed by atoms with Gasteiger partial charge in [-0.3, -0.25) is 9.78 Å². The molecule has 0 atom stereocenters. The Morgan fingerprint density at radius 3 is 2.70 bits per heavy atom. The lowest BCUT2D eigenvalue weighted by Gasteiger charge is -2.10. The highest BCUT2D eigenvalue weighted by molar-refractivity contribution is 5.78. The molecule has 0 spiro atoms. The fourth-order valence-corrected chi connectivity index (χ4v) is 2.75. The van der Waals surface area contributed by atoms with E-state index in [1.165, 1.54) is 12.1 Å². The largest absolute Gasteiger partial charge is 0.493 e. The Bertz CT molecular complexity index is 910. The number of ether oxygens (including phenoxy) is 1. The topological polar surface area (TPSA) is 51.2 Å².